The second-order valence-corrected chi connectivity index (χ2v) is 4.69. The molecule has 3 nitrogen and oxygen atoms in total. The van der Waals surface area contributed by atoms with Crippen LogP contribution in [0.15, 0.2) is 36.2 Å². The molecule has 2 aromatic heterocycles. The highest BCUT2D eigenvalue weighted by Crippen LogP contribution is 2.21. The van der Waals surface area contributed by atoms with Gasteiger partial charge in [-0.2, -0.15) is 5.10 Å². The lowest BCUT2D eigenvalue weighted by molar-refractivity contribution is 0.797. The minimum atomic E-state index is 0.939. The summed E-state index contributed by atoms with van der Waals surface area (Å²) in [7, 11) is 1.94. The van der Waals surface area contributed by atoms with Crippen molar-refractivity contribution in [3.05, 3.63) is 41.7 Å². The zero-order valence-electron chi connectivity index (χ0n) is 11.4. The van der Waals surface area contributed by atoms with E-state index < -0.39 is 0 Å². The molecule has 0 saturated heterocycles. The molecule has 18 heavy (non-hydrogen) atoms. The average molecular weight is 241 g/mol. The van der Waals surface area contributed by atoms with Crippen LogP contribution in [0.5, 0.6) is 0 Å². The van der Waals surface area contributed by atoms with Crippen LogP contribution in [0.2, 0.25) is 0 Å². The van der Waals surface area contributed by atoms with Gasteiger partial charge in [0.1, 0.15) is 5.52 Å². The van der Waals surface area contributed by atoms with Gasteiger partial charge in [-0.25, -0.2) is 0 Å². The molecule has 0 N–H and O–H groups in total. The highest BCUT2D eigenvalue weighted by atomic mass is 15.3. The summed E-state index contributed by atoms with van der Waals surface area (Å²) in [6.07, 6.45) is 9.16. The molecule has 0 aliphatic carbocycles. The van der Waals surface area contributed by atoms with Gasteiger partial charge in [-0.05, 0) is 31.9 Å². The fourth-order valence-electron chi connectivity index (χ4n) is 1.97. The molecule has 2 rings (SSSR count). The fourth-order valence-corrected chi connectivity index (χ4v) is 1.97. The maximum Gasteiger partial charge on any atom is 0.108 e. The van der Waals surface area contributed by atoms with Gasteiger partial charge in [0, 0.05) is 18.8 Å². The Balaban J connectivity index is 2.54. The smallest absolute Gasteiger partial charge is 0.108 e. The number of fused-ring (bicyclic) bond motifs is 1. The van der Waals surface area contributed by atoms with E-state index in [-0.39, 0.29) is 0 Å². The Morgan fingerprint density at radius 1 is 1.33 bits per heavy atom. The van der Waals surface area contributed by atoms with Crippen molar-refractivity contribution in [2.45, 2.75) is 27.2 Å². The van der Waals surface area contributed by atoms with Crippen molar-refractivity contribution in [1.82, 2.24) is 14.8 Å². The molecular formula is C15H19N3. The van der Waals surface area contributed by atoms with Gasteiger partial charge in [0.05, 0.1) is 11.7 Å². The van der Waals surface area contributed by atoms with E-state index in [1.165, 1.54) is 11.1 Å². The molecule has 0 unspecified atom stereocenters. The van der Waals surface area contributed by atoms with E-state index in [0.717, 1.165) is 23.0 Å². The lowest BCUT2D eigenvalue weighted by atomic mass is 10.0. The lowest BCUT2D eigenvalue weighted by Crippen LogP contribution is -1.91. The van der Waals surface area contributed by atoms with Gasteiger partial charge in [-0.1, -0.05) is 24.6 Å². The minimum Gasteiger partial charge on any atom is -0.266 e. The Hall–Kier alpha value is -1.90. The van der Waals surface area contributed by atoms with Crippen LogP contribution in [0, 0.1) is 0 Å². The topological polar surface area (TPSA) is 30.7 Å². The standard InChI is InChI=1S/C15H19N3/c1-5-6-12(7-11(2)3)13-8-15-14(16-9-13)10-17-18(15)4/h6-10H,5H2,1-4H3/b12-6+. The zero-order chi connectivity index (χ0) is 13.1. The van der Waals surface area contributed by atoms with Crippen LogP contribution in [0.4, 0.5) is 0 Å². The first-order valence-electron chi connectivity index (χ1n) is 6.25. The first kappa shape index (κ1) is 12.6. The summed E-state index contributed by atoms with van der Waals surface area (Å²) >= 11 is 0. The van der Waals surface area contributed by atoms with Gasteiger partial charge in [-0.15, -0.1) is 0 Å². The lowest BCUT2D eigenvalue weighted by Gasteiger charge is -2.04. The number of rotatable bonds is 3. The van der Waals surface area contributed by atoms with E-state index in [2.05, 4.69) is 49.1 Å². The molecule has 94 valence electrons. The molecule has 0 fully saturated rings. The van der Waals surface area contributed by atoms with E-state index in [0.29, 0.717) is 0 Å². The molecule has 2 aromatic rings. The summed E-state index contributed by atoms with van der Waals surface area (Å²) in [4.78, 5) is 4.46. The normalized spacial score (nSPS) is 11.9. The number of nitrogens with zero attached hydrogens (tertiary/aromatic N) is 3. The number of pyridine rings is 1. The van der Waals surface area contributed by atoms with Crippen molar-refractivity contribution in [3.63, 3.8) is 0 Å². The quantitative estimate of drug-likeness (QED) is 0.767. The van der Waals surface area contributed by atoms with Crippen LogP contribution in [-0.4, -0.2) is 14.8 Å². The Kier molecular flexibility index (Phi) is 3.60. The van der Waals surface area contributed by atoms with Crippen molar-refractivity contribution >= 4 is 16.6 Å². The third kappa shape index (κ3) is 2.50. The molecular weight excluding hydrogens is 222 g/mol. The van der Waals surface area contributed by atoms with Crippen molar-refractivity contribution < 1.29 is 0 Å². The monoisotopic (exact) mass is 241 g/mol. The first-order valence-corrected chi connectivity index (χ1v) is 6.25. The molecule has 2 heterocycles. The van der Waals surface area contributed by atoms with Gasteiger partial charge >= 0.3 is 0 Å². The Morgan fingerprint density at radius 2 is 2.11 bits per heavy atom. The molecule has 0 aliphatic heterocycles. The maximum atomic E-state index is 4.46. The number of allylic oxidation sites excluding steroid dienone is 4. The van der Waals surface area contributed by atoms with Crippen LogP contribution in [0.25, 0.3) is 16.6 Å². The molecule has 0 radical (unpaired) electrons. The van der Waals surface area contributed by atoms with Crippen molar-refractivity contribution in [2.24, 2.45) is 7.05 Å². The third-order valence-electron chi connectivity index (χ3n) is 2.80. The molecule has 0 atom stereocenters. The highest BCUT2D eigenvalue weighted by molar-refractivity contribution is 5.82. The molecule has 0 saturated carbocycles. The predicted octanol–water partition coefficient (Wildman–Crippen LogP) is 3.73. The Morgan fingerprint density at radius 3 is 2.78 bits per heavy atom. The third-order valence-corrected chi connectivity index (χ3v) is 2.80. The van der Waals surface area contributed by atoms with Gasteiger partial charge in [0.15, 0.2) is 0 Å². The molecule has 0 amide bonds. The van der Waals surface area contributed by atoms with Crippen molar-refractivity contribution in [1.29, 1.82) is 0 Å². The number of aryl methyl sites for hydroxylation is 1. The summed E-state index contributed by atoms with van der Waals surface area (Å²) in [5, 5.41) is 4.22. The molecule has 0 aromatic carbocycles. The fraction of sp³-hybridized carbons (Fsp3) is 0.333. The summed E-state index contributed by atoms with van der Waals surface area (Å²) < 4.78 is 1.86. The van der Waals surface area contributed by atoms with Gasteiger partial charge in [0.25, 0.3) is 0 Å². The van der Waals surface area contributed by atoms with E-state index in [9.17, 15) is 0 Å². The van der Waals surface area contributed by atoms with E-state index in [1.54, 1.807) is 6.20 Å². The first-order chi connectivity index (χ1) is 8.61. The molecule has 0 aliphatic rings. The van der Waals surface area contributed by atoms with Crippen molar-refractivity contribution in [3.8, 4) is 0 Å². The number of aromatic nitrogens is 3. The predicted molar refractivity (Wildman–Crippen MR) is 76.2 cm³/mol. The summed E-state index contributed by atoms with van der Waals surface area (Å²) in [6, 6.07) is 2.15. The Labute approximate surface area is 108 Å². The van der Waals surface area contributed by atoms with Crippen LogP contribution in [0.3, 0.4) is 0 Å². The molecule has 0 spiro atoms. The number of hydrogen-bond donors (Lipinski definition) is 0. The van der Waals surface area contributed by atoms with Crippen LogP contribution >= 0.6 is 0 Å². The maximum absolute atomic E-state index is 4.46. The Bertz CT molecular complexity index is 614. The largest absolute Gasteiger partial charge is 0.266 e. The second-order valence-electron chi connectivity index (χ2n) is 4.69. The number of hydrogen-bond acceptors (Lipinski definition) is 2. The summed E-state index contributed by atoms with van der Waals surface area (Å²) in [5.41, 5.74) is 5.67. The van der Waals surface area contributed by atoms with Gasteiger partial charge in [-0.3, -0.25) is 9.67 Å². The van der Waals surface area contributed by atoms with E-state index in [1.807, 2.05) is 17.9 Å². The van der Waals surface area contributed by atoms with Crippen LogP contribution in [0.1, 0.15) is 32.8 Å². The van der Waals surface area contributed by atoms with Crippen LogP contribution in [-0.2, 0) is 7.05 Å². The summed E-state index contributed by atoms with van der Waals surface area (Å²) in [6.45, 7) is 6.37. The van der Waals surface area contributed by atoms with Crippen molar-refractivity contribution in [2.75, 3.05) is 0 Å². The van der Waals surface area contributed by atoms with Gasteiger partial charge in [0.2, 0.25) is 0 Å². The van der Waals surface area contributed by atoms with Crippen LogP contribution < -0.4 is 0 Å². The molecule has 0 bridgehead atoms. The van der Waals surface area contributed by atoms with Gasteiger partial charge < -0.3 is 0 Å². The molecule has 3 heteroatoms. The minimum absolute atomic E-state index is 0.939. The second kappa shape index (κ2) is 5.17. The van der Waals surface area contributed by atoms with E-state index in [4.69, 9.17) is 0 Å². The highest BCUT2D eigenvalue weighted by Gasteiger charge is 2.04. The zero-order valence-corrected chi connectivity index (χ0v) is 11.4. The SMILES string of the molecule is CC/C=C(\C=C(C)C)c1cnc2cnn(C)c2c1. The summed E-state index contributed by atoms with van der Waals surface area (Å²) in [5.74, 6) is 0. The van der Waals surface area contributed by atoms with E-state index >= 15 is 0 Å². The average Bonchev–Trinajstić information content (AvgIpc) is 2.70.